The molecule has 0 N–H and O–H groups in total. The molecule has 1 aromatic carbocycles. The third kappa shape index (κ3) is 5.63. The smallest absolute Gasteiger partial charge is 0.291 e. The Bertz CT molecular complexity index is 1940. The second-order valence-electron chi connectivity index (χ2n) is 11.3. The number of alkyl halides is 5. The van der Waals surface area contributed by atoms with Crippen molar-refractivity contribution < 1.29 is 39.6 Å². The number of benzene rings is 1. The van der Waals surface area contributed by atoms with Gasteiger partial charge in [-0.2, -0.15) is 27.7 Å². The van der Waals surface area contributed by atoms with Crippen molar-refractivity contribution in [2.24, 2.45) is 12.5 Å². The first-order valence-corrected chi connectivity index (χ1v) is 15.5. The van der Waals surface area contributed by atoms with Gasteiger partial charge in [-0.05, 0) is 79.8 Å². The number of rotatable bonds is 8. The third-order valence-electron chi connectivity index (χ3n) is 8.45. The summed E-state index contributed by atoms with van der Waals surface area (Å²) in [6, 6.07) is 6.90. The van der Waals surface area contributed by atoms with Crippen LogP contribution in [0.3, 0.4) is 0 Å². The van der Waals surface area contributed by atoms with Crippen molar-refractivity contribution in [1.29, 1.82) is 0 Å². The van der Waals surface area contributed by atoms with Gasteiger partial charge < -0.3 is 0 Å². The molecule has 242 valence electrons. The molecule has 3 aromatic heterocycles. The van der Waals surface area contributed by atoms with E-state index in [0.29, 0.717) is 32.9 Å². The summed E-state index contributed by atoms with van der Waals surface area (Å²) in [7, 11) is -3.10. The Kier molecular flexibility index (Phi) is 7.91. The highest BCUT2D eigenvalue weighted by Gasteiger charge is 2.52. The molecule has 2 aliphatic carbocycles. The number of halogens is 6. The Labute approximate surface area is 259 Å². The standard InChI is InChI=1S/C30H26F6N6O3S/c1-40-11-9-27(39-40)46(44,45)41(17-26(32)33)23-5-2-19-13-25-18(16-38-42(25)22-6-3-21(31)4-7-22)14-29(19,15-23)28(43)24-12-20(8-10-37-24)30(34,35)36/h3-4,6-13,16,23,26H,2,5,14-15,17H2,1H3/t23-,29-/m0/s1. The van der Waals surface area contributed by atoms with Crippen molar-refractivity contribution in [2.45, 2.75) is 49.4 Å². The Morgan fingerprint density at radius 3 is 2.54 bits per heavy atom. The fourth-order valence-electron chi connectivity index (χ4n) is 6.32. The van der Waals surface area contributed by atoms with Crippen LogP contribution in [0.15, 0.2) is 71.7 Å². The number of pyridine rings is 1. The molecular weight excluding hydrogens is 638 g/mol. The van der Waals surface area contributed by atoms with Crippen molar-refractivity contribution in [2.75, 3.05) is 6.54 Å². The second kappa shape index (κ2) is 11.5. The van der Waals surface area contributed by atoms with Crippen LogP contribution in [0.2, 0.25) is 0 Å². The van der Waals surface area contributed by atoms with Gasteiger partial charge in [0.25, 0.3) is 16.4 Å². The average Bonchev–Trinajstić information content (AvgIpc) is 3.64. The van der Waals surface area contributed by atoms with E-state index in [2.05, 4.69) is 15.2 Å². The number of hydrogen-bond donors (Lipinski definition) is 0. The van der Waals surface area contributed by atoms with Crippen LogP contribution in [0, 0.1) is 11.2 Å². The molecule has 2 atom stereocenters. The first-order chi connectivity index (χ1) is 21.7. The normalized spacial score (nSPS) is 20.0. The number of ketones is 1. The number of aromatic nitrogens is 5. The summed E-state index contributed by atoms with van der Waals surface area (Å²) in [5.74, 6) is -1.27. The molecule has 0 aliphatic heterocycles. The predicted octanol–water partition coefficient (Wildman–Crippen LogP) is 5.48. The van der Waals surface area contributed by atoms with Crippen LogP contribution in [0.5, 0.6) is 0 Å². The first-order valence-electron chi connectivity index (χ1n) is 14.1. The molecule has 3 heterocycles. The van der Waals surface area contributed by atoms with E-state index < -0.39 is 68.5 Å². The molecule has 0 radical (unpaired) electrons. The summed E-state index contributed by atoms with van der Waals surface area (Å²) in [5, 5.41) is 7.84. The minimum absolute atomic E-state index is 0.0374. The van der Waals surface area contributed by atoms with Crippen molar-refractivity contribution in [3.8, 4) is 5.69 Å². The number of hydrogen-bond acceptors (Lipinski definition) is 6. The van der Waals surface area contributed by atoms with Gasteiger partial charge in [-0.25, -0.2) is 26.3 Å². The van der Waals surface area contributed by atoms with Gasteiger partial charge in [-0.15, -0.1) is 0 Å². The summed E-state index contributed by atoms with van der Waals surface area (Å²) in [6.07, 6.45) is -2.83. The highest BCUT2D eigenvalue weighted by molar-refractivity contribution is 7.89. The van der Waals surface area contributed by atoms with E-state index in [1.807, 2.05) is 0 Å². The fraction of sp³-hybridized carbons (Fsp3) is 0.333. The molecule has 9 nitrogen and oxygen atoms in total. The van der Waals surface area contributed by atoms with Gasteiger partial charge in [-0.3, -0.25) is 14.5 Å². The van der Waals surface area contributed by atoms with E-state index in [4.69, 9.17) is 0 Å². The largest absolute Gasteiger partial charge is 0.416 e. The summed E-state index contributed by atoms with van der Waals surface area (Å²) < 4.78 is 113. The molecule has 1 fully saturated rings. The molecule has 0 bridgehead atoms. The van der Waals surface area contributed by atoms with Gasteiger partial charge in [0.2, 0.25) is 0 Å². The van der Waals surface area contributed by atoms with Crippen molar-refractivity contribution >= 4 is 21.9 Å². The van der Waals surface area contributed by atoms with E-state index in [0.717, 1.165) is 12.3 Å². The number of nitrogens with zero attached hydrogens (tertiary/aromatic N) is 6. The minimum atomic E-state index is -4.77. The Balaban J connectivity index is 1.47. The zero-order valence-electron chi connectivity index (χ0n) is 24.1. The van der Waals surface area contributed by atoms with E-state index in [-0.39, 0.29) is 25.7 Å². The van der Waals surface area contributed by atoms with Gasteiger partial charge in [0.15, 0.2) is 10.8 Å². The zero-order chi connectivity index (χ0) is 33.0. The maximum Gasteiger partial charge on any atom is 0.416 e. The quantitative estimate of drug-likeness (QED) is 0.183. The maximum absolute atomic E-state index is 14.4. The summed E-state index contributed by atoms with van der Waals surface area (Å²) >= 11 is 0. The lowest BCUT2D eigenvalue weighted by Crippen LogP contribution is -2.51. The van der Waals surface area contributed by atoms with E-state index in [1.54, 1.807) is 6.08 Å². The number of Topliss-reactive ketones (excluding diaryl/α,β-unsaturated/α-hetero) is 1. The van der Waals surface area contributed by atoms with Gasteiger partial charge in [0.1, 0.15) is 11.5 Å². The minimum Gasteiger partial charge on any atom is -0.291 e. The average molecular weight is 665 g/mol. The van der Waals surface area contributed by atoms with Crippen LogP contribution in [0.25, 0.3) is 11.8 Å². The number of sulfonamides is 1. The van der Waals surface area contributed by atoms with E-state index in [1.165, 1.54) is 59.1 Å². The number of carbonyl (C=O) groups excluding carboxylic acids is 1. The molecule has 1 saturated carbocycles. The van der Waals surface area contributed by atoms with Crippen LogP contribution < -0.4 is 0 Å². The fourth-order valence-corrected chi connectivity index (χ4v) is 7.91. The summed E-state index contributed by atoms with van der Waals surface area (Å²) in [6.45, 7) is -1.18. The van der Waals surface area contributed by atoms with Crippen LogP contribution >= 0.6 is 0 Å². The molecule has 0 amide bonds. The lowest BCUT2D eigenvalue weighted by atomic mass is 9.60. The van der Waals surface area contributed by atoms with Crippen molar-refractivity contribution in [3.05, 3.63) is 95.0 Å². The molecule has 0 saturated heterocycles. The molecule has 6 rings (SSSR count). The highest BCUT2D eigenvalue weighted by Crippen LogP contribution is 2.51. The predicted molar refractivity (Wildman–Crippen MR) is 152 cm³/mol. The van der Waals surface area contributed by atoms with Crippen LogP contribution in [0.1, 0.15) is 46.6 Å². The molecule has 16 heteroatoms. The topological polar surface area (TPSA) is 103 Å². The van der Waals surface area contributed by atoms with E-state index >= 15 is 0 Å². The molecular formula is C30H26F6N6O3S. The third-order valence-corrected chi connectivity index (χ3v) is 10.3. The lowest BCUT2D eigenvalue weighted by Gasteiger charge is -2.46. The molecule has 2 aliphatic rings. The SMILES string of the molecule is Cn1ccc(S(=O)(=O)N(CC(F)F)[C@H]2CCC3=Cc4c(cnn4-c4ccc(F)cc4)C[C@]3(C(=O)c3cc(C(F)(F)F)ccn3)C2)n1. The number of carbonyl (C=O) groups is 1. The Morgan fingerprint density at radius 1 is 1.15 bits per heavy atom. The van der Waals surface area contributed by atoms with Crippen molar-refractivity contribution in [1.82, 2.24) is 28.9 Å². The van der Waals surface area contributed by atoms with Crippen LogP contribution in [0.4, 0.5) is 26.3 Å². The second-order valence-corrected chi connectivity index (χ2v) is 13.2. The van der Waals surface area contributed by atoms with Gasteiger partial charge in [-0.1, -0.05) is 5.57 Å². The molecule has 0 unspecified atom stereocenters. The van der Waals surface area contributed by atoms with E-state index in [9.17, 15) is 39.6 Å². The maximum atomic E-state index is 14.4. The number of fused-ring (bicyclic) bond motifs is 2. The van der Waals surface area contributed by atoms with Crippen LogP contribution in [-0.4, -0.2) is 62.1 Å². The zero-order valence-corrected chi connectivity index (χ0v) is 24.9. The monoisotopic (exact) mass is 664 g/mol. The molecule has 46 heavy (non-hydrogen) atoms. The summed E-state index contributed by atoms with van der Waals surface area (Å²) in [4.78, 5) is 18.4. The van der Waals surface area contributed by atoms with Crippen molar-refractivity contribution in [3.63, 3.8) is 0 Å². The Morgan fingerprint density at radius 2 is 1.89 bits per heavy atom. The Hall–Kier alpha value is -4.31. The first kappa shape index (κ1) is 31.7. The number of allylic oxidation sites excluding steroid dienone is 1. The van der Waals surface area contributed by atoms with Crippen LogP contribution in [-0.2, 0) is 29.7 Å². The molecule has 4 aromatic rings. The van der Waals surface area contributed by atoms with Gasteiger partial charge >= 0.3 is 6.18 Å². The van der Waals surface area contributed by atoms with Gasteiger partial charge in [0.05, 0.1) is 35.1 Å². The number of aryl methyl sites for hydroxylation is 1. The molecule has 0 spiro atoms. The van der Waals surface area contributed by atoms with Gasteiger partial charge in [0, 0.05) is 25.5 Å². The lowest BCUT2D eigenvalue weighted by molar-refractivity contribution is -0.137. The summed E-state index contributed by atoms with van der Waals surface area (Å²) in [5.41, 5.74) is -1.20. The highest BCUT2D eigenvalue weighted by atomic mass is 32.2.